The summed E-state index contributed by atoms with van der Waals surface area (Å²) in [6.07, 6.45) is 2.57. The van der Waals surface area contributed by atoms with Crippen molar-refractivity contribution in [3.8, 4) is 28.7 Å². The Balaban J connectivity index is 1.69. The summed E-state index contributed by atoms with van der Waals surface area (Å²) >= 11 is 0. The van der Waals surface area contributed by atoms with Gasteiger partial charge in [0.05, 0.1) is 46.8 Å². The van der Waals surface area contributed by atoms with Crippen LogP contribution in [0.5, 0.6) is 11.5 Å². The van der Waals surface area contributed by atoms with Gasteiger partial charge in [-0.25, -0.2) is 0 Å². The summed E-state index contributed by atoms with van der Waals surface area (Å²) < 4.78 is 47.7. The maximum atomic E-state index is 14.0. The summed E-state index contributed by atoms with van der Waals surface area (Å²) in [6, 6.07) is 12.2. The molecule has 0 spiro atoms. The third kappa shape index (κ3) is 4.25. The molecule has 0 atom stereocenters. The molecule has 12 heteroatoms. The van der Waals surface area contributed by atoms with E-state index in [1.165, 1.54) is 12.3 Å². The first-order valence-electron chi connectivity index (χ1n) is 12.2. The van der Waals surface area contributed by atoms with Gasteiger partial charge in [0.25, 0.3) is 0 Å². The number of hydrogen-bond acceptors (Lipinski definition) is 8. The van der Waals surface area contributed by atoms with Crippen molar-refractivity contribution in [1.29, 1.82) is 5.26 Å². The van der Waals surface area contributed by atoms with E-state index in [0.29, 0.717) is 56.5 Å². The van der Waals surface area contributed by atoms with Crippen molar-refractivity contribution in [3.05, 3.63) is 64.6 Å². The molecule has 0 bridgehead atoms. The van der Waals surface area contributed by atoms with Crippen LogP contribution in [0.2, 0.25) is 0 Å². The summed E-state index contributed by atoms with van der Waals surface area (Å²) in [5.41, 5.74) is 3.20. The molecule has 0 saturated carbocycles. The van der Waals surface area contributed by atoms with E-state index in [9.17, 15) is 22.4 Å². The summed E-state index contributed by atoms with van der Waals surface area (Å²) in [4.78, 5) is 23.5. The third-order valence-corrected chi connectivity index (χ3v) is 7.30. The monoisotopic (exact) mass is 547 g/mol. The molecule has 0 radical (unpaired) electrons. The van der Waals surface area contributed by atoms with Crippen LogP contribution in [0, 0.1) is 11.3 Å². The van der Waals surface area contributed by atoms with Crippen molar-refractivity contribution in [2.45, 2.75) is 13.0 Å². The van der Waals surface area contributed by atoms with Gasteiger partial charge in [0, 0.05) is 41.3 Å². The molecule has 1 aliphatic heterocycles. The van der Waals surface area contributed by atoms with Crippen molar-refractivity contribution in [2.75, 3.05) is 26.7 Å². The number of ether oxygens (including phenoxy) is 1. The number of likely N-dealkylation sites (tertiary alicyclic amines) is 1. The van der Waals surface area contributed by atoms with Crippen molar-refractivity contribution < 1.29 is 21.2 Å². The number of halogens is 1. The Morgan fingerprint density at radius 1 is 1.18 bits per heavy atom. The summed E-state index contributed by atoms with van der Waals surface area (Å²) in [6.45, 7) is 3.62. The quantitative estimate of drug-likeness (QED) is 0.315. The Kier molecular flexibility index (Phi) is 5.78. The van der Waals surface area contributed by atoms with Crippen molar-refractivity contribution >= 4 is 43.3 Å². The maximum absolute atomic E-state index is 14.0. The Morgan fingerprint density at radius 2 is 1.97 bits per heavy atom. The van der Waals surface area contributed by atoms with Crippen LogP contribution < -0.4 is 14.3 Å². The number of nitrogens with one attached hydrogen (secondary N) is 1. The van der Waals surface area contributed by atoms with Crippen LogP contribution in [-0.4, -0.2) is 54.6 Å². The first-order valence-corrected chi connectivity index (χ1v) is 13.5. The molecule has 0 aliphatic carbocycles. The molecule has 198 valence electrons. The van der Waals surface area contributed by atoms with Gasteiger partial charge in [0.15, 0.2) is 11.2 Å². The highest BCUT2D eigenvalue weighted by Gasteiger charge is 2.30. The van der Waals surface area contributed by atoms with Gasteiger partial charge in [-0.1, -0.05) is 9.95 Å². The molecule has 4 heterocycles. The number of aromatic nitrogens is 3. The number of rotatable bonds is 6. The van der Waals surface area contributed by atoms with Crippen LogP contribution >= 0.6 is 0 Å². The first-order chi connectivity index (χ1) is 18.7. The van der Waals surface area contributed by atoms with Crippen LogP contribution in [0.3, 0.4) is 0 Å². The molecule has 5 aromatic rings. The Hall–Kier alpha value is -4.47. The number of fused-ring (bicyclic) bond motifs is 4. The normalized spacial score (nSPS) is 14.5. The lowest BCUT2D eigenvalue weighted by Gasteiger charge is -2.39. The predicted octanol–water partition coefficient (Wildman–Crippen LogP) is 4.05. The molecule has 10 nitrogen and oxygen atoms in total. The van der Waals surface area contributed by atoms with Crippen LogP contribution in [0.15, 0.2) is 53.6 Å². The molecular formula is C27H22FN5O5S. The highest BCUT2D eigenvalue weighted by molar-refractivity contribution is 7.81. The zero-order valence-electron chi connectivity index (χ0n) is 20.9. The van der Waals surface area contributed by atoms with Crippen molar-refractivity contribution in [3.63, 3.8) is 0 Å². The molecule has 0 amide bonds. The van der Waals surface area contributed by atoms with E-state index in [4.69, 9.17) is 4.74 Å². The summed E-state index contributed by atoms with van der Waals surface area (Å²) in [5, 5.41) is 11.1. The zero-order valence-corrected chi connectivity index (χ0v) is 21.8. The van der Waals surface area contributed by atoms with Gasteiger partial charge in [0.2, 0.25) is 0 Å². The average molecular weight is 548 g/mol. The molecule has 1 aliphatic rings. The number of pyridine rings is 2. The number of benzene rings is 2. The van der Waals surface area contributed by atoms with E-state index in [1.807, 2.05) is 7.05 Å². The summed E-state index contributed by atoms with van der Waals surface area (Å²) in [5.74, 6) is 0.0855. The second-order valence-corrected chi connectivity index (χ2v) is 10.4. The van der Waals surface area contributed by atoms with E-state index in [1.54, 1.807) is 37.3 Å². The zero-order chi connectivity index (χ0) is 27.5. The number of likely N-dealkylation sites (N-methyl/N-ethyl adjacent to an activating group) is 1. The largest absolute Gasteiger partial charge is 0.493 e. The van der Waals surface area contributed by atoms with Gasteiger partial charge >= 0.3 is 10.5 Å². The predicted molar refractivity (Wildman–Crippen MR) is 144 cm³/mol. The number of H-pyrrole nitrogens is 1. The first kappa shape index (κ1) is 24.8. The molecule has 2 aromatic carbocycles. The lowest BCUT2D eigenvalue weighted by Crippen LogP contribution is -2.45. The van der Waals surface area contributed by atoms with Crippen molar-refractivity contribution in [1.82, 2.24) is 19.4 Å². The lowest BCUT2D eigenvalue weighted by atomic mass is 10.00. The topological polar surface area (TPSA) is 130 Å². The second kappa shape index (κ2) is 9.07. The SMILES string of the molecule is CCOc1cc2c(=O)c3c4ccc(C#N)cc4[nH]c3n(C3CN(C)C3)c2cc1-c1cncc(OS(=O)(=O)F)c1. The van der Waals surface area contributed by atoms with Crippen LogP contribution in [-0.2, 0) is 10.5 Å². The number of hydrogen-bond donors (Lipinski definition) is 1. The highest BCUT2D eigenvalue weighted by atomic mass is 32.3. The summed E-state index contributed by atoms with van der Waals surface area (Å²) in [7, 11) is -3.23. The minimum atomic E-state index is -5.24. The van der Waals surface area contributed by atoms with E-state index < -0.39 is 10.5 Å². The fraction of sp³-hybridized carbons (Fsp3) is 0.222. The molecule has 1 N–H and O–H groups in total. The van der Waals surface area contributed by atoms with Gasteiger partial charge < -0.3 is 23.4 Å². The van der Waals surface area contributed by atoms with E-state index in [2.05, 4.69) is 29.7 Å². The van der Waals surface area contributed by atoms with E-state index in [0.717, 1.165) is 24.7 Å². The molecule has 39 heavy (non-hydrogen) atoms. The maximum Gasteiger partial charge on any atom is 0.488 e. The highest BCUT2D eigenvalue weighted by Crippen LogP contribution is 2.38. The van der Waals surface area contributed by atoms with Crippen LogP contribution in [0.4, 0.5) is 3.89 Å². The minimum absolute atomic E-state index is 0.0550. The third-order valence-electron chi connectivity index (χ3n) is 6.91. The molecule has 1 saturated heterocycles. The number of nitrogens with zero attached hydrogens (tertiary/aromatic N) is 4. The Labute approximate surface area is 222 Å². The smallest absolute Gasteiger partial charge is 0.488 e. The minimum Gasteiger partial charge on any atom is -0.493 e. The van der Waals surface area contributed by atoms with Crippen LogP contribution in [0.25, 0.3) is 44.0 Å². The Bertz CT molecular complexity index is 2010. The molecule has 3 aromatic heterocycles. The lowest BCUT2D eigenvalue weighted by molar-refractivity contribution is 0.146. The molecular weight excluding hydrogens is 525 g/mol. The standard InChI is InChI=1S/C27H22FN5O5S/c1-3-37-24-9-21-23(8-20(24)16-7-18(12-30-11-16)38-39(28,35)36)33(17-13-32(2)14-17)27-25(26(21)34)19-5-4-15(10-29)6-22(19)31-27/h4-9,11-12,17,31H,3,13-14H2,1-2H3. The van der Waals surface area contributed by atoms with Gasteiger partial charge in [-0.3, -0.25) is 9.78 Å². The molecule has 6 rings (SSSR count). The second-order valence-electron chi connectivity index (χ2n) is 9.48. The van der Waals surface area contributed by atoms with Gasteiger partial charge in [0.1, 0.15) is 11.4 Å². The van der Waals surface area contributed by atoms with Gasteiger partial charge in [-0.15, -0.1) is 0 Å². The van der Waals surface area contributed by atoms with E-state index in [-0.39, 0.29) is 17.2 Å². The van der Waals surface area contributed by atoms with Crippen molar-refractivity contribution in [2.24, 2.45) is 0 Å². The number of aromatic amines is 1. The molecule has 0 unspecified atom stereocenters. The fourth-order valence-electron chi connectivity index (χ4n) is 5.30. The van der Waals surface area contributed by atoms with Gasteiger partial charge in [-0.05, 0) is 44.3 Å². The molecule has 1 fully saturated rings. The van der Waals surface area contributed by atoms with E-state index >= 15 is 0 Å². The fourth-order valence-corrected chi connectivity index (χ4v) is 5.62. The average Bonchev–Trinajstić information content (AvgIpc) is 3.25. The van der Waals surface area contributed by atoms with Gasteiger partial charge in [-0.2, -0.15) is 13.7 Å². The Morgan fingerprint density at radius 3 is 2.67 bits per heavy atom. The number of nitriles is 1. The van der Waals surface area contributed by atoms with Crippen LogP contribution in [0.1, 0.15) is 18.5 Å².